The largest absolute Gasteiger partial charge is 0.493 e. The van der Waals surface area contributed by atoms with Crippen LogP contribution in [0.5, 0.6) is 11.5 Å². The highest BCUT2D eigenvalue weighted by Crippen LogP contribution is 2.29. The van der Waals surface area contributed by atoms with Gasteiger partial charge in [-0.3, -0.25) is 4.79 Å². The Morgan fingerprint density at radius 1 is 1.46 bits per heavy atom. The zero-order valence-corrected chi connectivity index (χ0v) is 14.6. The van der Waals surface area contributed by atoms with Crippen molar-refractivity contribution < 1.29 is 14.3 Å². The smallest absolute Gasteiger partial charge is 0.254 e. The Labute approximate surface area is 145 Å². The Morgan fingerprint density at radius 2 is 2.33 bits per heavy atom. The van der Waals surface area contributed by atoms with Gasteiger partial charge >= 0.3 is 0 Å². The molecule has 1 fully saturated rings. The first-order chi connectivity index (χ1) is 11.7. The lowest BCUT2D eigenvalue weighted by atomic mass is 10.1. The highest BCUT2D eigenvalue weighted by atomic mass is 32.1. The molecule has 1 atom stereocenters. The minimum absolute atomic E-state index is 0.0216. The standard InChI is InChI=1S/C17H21N3O3S/c1-12-8-18-5-6-20(12)17(21)13-3-4-15(16(7-13)22-2)23-9-14-10-24-11-19-14/h3-4,7,10-12,18H,5-6,8-9H2,1-2H3/t12-/m1/s1. The van der Waals surface area contributed by atoms with Crippen molar-refractivity contribution in [2.45, 2.75) is 19.6 Å². The topological polar surface area (TPSA) is 63.7 Å². The number of carbonyl (C=O) groups is 1. The van der Waals surface area contributed by atoms with E-state index in [1.54, 1.807) is 30.8 Å². The van der Waals surface area contributed by atoms with Crippen molar-refractivity contribution in [2.75, 3.05) is 26.7 Å². The zero-order chi connectivity index (χ0) is 16.9. The van der Waals surface area contributed by atoms with Crippen molar-refractivity contribution in [3.05, 3.63) is 40.3 Å². The number of thiazole rings is 1. The summed E-state index contributed by atoms with van der Waals surface area (Å²) >= 11 is 1.53. The SMILES string of the molecule is COc1cc(C(=O)N2CCNC[C@H]2C)ccc1OCc1cscn1. The minimum Gasteiger partial charge on any atom is -0.493 e. The predicted octanol–water partition coefficient (Wildman–Crippen LogP) is 2.16. The fraction of sp³-hybridized carbons (Fsp3) is 0.412. The van der Waals surface area contributed by atoms with E-state index in [2.05, 4.69) is 10.3 Å². The summed E-state index contributed by atoms with van der Waals surface area (Å²) in [5.41, 5.74) is 3.25. The van der Waals surface area contributed by atoms with Gasteiger partial charge in [-0.25, -0.2) is 4.98 Å². The molecular weight excluding hydrogens is 326 g/mol. The van der Waals surface area contributed by atoms with Crippen molar-refractivity contribution in [3.8, 4) is 11.5 Å². The molecule has 2 heterocycles. The van der Waals surface area contributed by atoms with Gasteiger partial charge in [0.15, 0.2) is 11.5 Å². The number of rotatable bonds is 5. The Morgan fingerprint density at radius 3 is 3.04 bits per heavy atom. The summed E-state index contributed by atoms with van der Waals surface area (Å²) in [7, 11) is 1.58. The summed E-state index contributed by atoms with van der Waals surface area (Å²) in [5, 5.41) is 5.23. The summed E-state index contributed by atoms with van der Waals surface area (Å²) in [4.78, 5) is 18.8. The minimum atomic E-state index is 0.0216. The van der Waals surface area contributed by atoms with Gasteiger partial charge in [-0.2, -0.15) is 0 Å². The second-order valence-electron chi connectivity index (χ2n) is 5.69. The number of nitrogens with zero attached hydrogens (tertiary/aromatic N) is 2. The molecule has 1 aliphatic heterocycles. The zero-order valence-electron chi connectivity index (χ0n) is 13.8. The molecule has 0 spiro atoms. The molecule has 1 aliphatic rings. The predicted molar refractivity (Wildman–Crippen MR) is 92.8 cm³/mol. The van der Waals surface area contributed by atoms with Gasteiger partial charge in [-0.15, -0.1) is 11.3 Å². The van der Waals surface area contributed by atoms with E-state index in [4.69, 9.17) is 9.47 Å². The molecular formula is C17H21N3O3S. The van der Waals surface area contributed by atoms with Crippen LogP contribution in [0.2, 0.25) is 0 Å². The lowest BCUT2D eigenvalue weighted by Crippen LogP contribution is -2.52. The number of amides is 1. The lowest BCUT2D eigenvalue weighted by Gasteiger charge is -2.34. The third kappa shape index (κ3) is 3.68. The number of aromatic nitrogens is 1. The summed E-state index contributed by atoms with van der Waals surface area (Å²) in [6.07, 6.45) is 0. The fourth-order valence-corrected chi connectivity index (χ4v) is 3.23. The van der Waals surface area contributed by atoms with Crippen LogP contribution in [0, 0.1) is 0 Å². The van der Waals surface area contributed by atoms with E-state index in [0.29, 0.717) is 30.2 Å². The molecule has 1 aromatic heterocycles. The number of ether oxygens (including phenoxy) is 2. The molecule has 7 heteroatoms. The van der Waals surface area contributed by atoms with E-state index < -0.39 is 0 Å². The molecule has 1 N–H and O–H groups in total. The average molecular weight is 347 g/mol. The number of nitrogens with one attached hydrogen (secondary N) is 1. The summed E-state index contributed by atoms with van der Waals surface area (Å²) in [5.74, 6) is 1.18. The molecule has 24 heavy (non-hydrogen) atoms. The first kappa shape index (κ1) is 16.7. The molecule has 0 saturated carbocycles. The van der Waals surface area contributed by atoms with E-state index >= 15 is 0 Å². The van der Waals surface area contributed by atoms with Crippen LogP contribution in [0.4, 0.5) is 0 Å². The van der Waals surface area contributed by atoms with Gasteiger partial charge in [0.05, 0.1) is 18.3 Å². The van der Waals surface area contributed by atoms with Crippen LogP contribution in [0.15, 0.2) is 29.1 Å². The first-order valence-corrected chi connectivity index (χ1v) is 8.83. The molecule has 1 amide bonds. The molecule has 6 nitrogen and oxygen atoms in total. The Bertz CT molecular complexity index is 690. The van der Waals surface area contributed by atoms with Gasteiger partial charge in [0.25, 0.3) is 5.91 Å². The molecule has 2 aromatic rings. The summed E-state index contributed by atoms with van der Waals surface area (Å²) in [6.45, 7) is 4.78. The number of carbonyl (C=O) groups excluding carboxylic acids is 1. The quantitative estimate of drug-likeness (QED) is 0.898. The maximum Gasteiger partial charge on any atom is 0.254 e. The molecule has 0 radical (unpaired) electrons. The van der Waals surface area contributed by atoms with Crippen molar-refractivity contribution in [3.63, 3.8) is 0 Å². The molecule has 3 rings (SSSR count). The number of benzene rings is 1. The monoisotopic (exact) mass is 347 g/mol. The Balaban J connectivity index is 1.74. The van der Waals surface area contributed by atoms with Crippen molar-refractivity contribution in [2.24, 2.45) is 0 Å². The van der Waals surface area contributed by atoms with Crippen molar-refractivity contribution in [1.29, 1.82) is 0 Å². The van der Waals surface area contributed by atoms with E-state index in [9.17, 15) is 4.79 Å². The molecule has 128 valence electrons. The maximum atomic E-state index is 12.7. The summed E-state index contributed by atoms with van der Waals surface area (Å²) in [6, 6.07) is 5.49. The van der Waals surface area contributed by atoms with Crippen molar-refractivity contribution in [1.82, 2.24) is 15.2 Å². The van der Waals surface area contributed by atoms with Crippen LogP contribution in [0.1, 0.15) is 23.0 Å². The fourth-order valence-electron chi connectivity index (χ4n) is 2.69. The van der Waals surface area contributed by atoms with Gasteiger partial charge in [-0.05, 0) is 25.1 Å². The molecule has 0 unspecified atom stereocenters. The maximum absolute atomic E-state index is 12.7. The summed E-state index contributed by atoms with van der Waals surface area (Å²) < 4.78 is 11.2. The number of hydrogen-bond donors (Lipinski definition) is 1. The van der Waals surface area contributed by atoms with Crippen molar-refractivity contribution >= 4 is 17.2 Å². The Hall–Kier alpha value is -2.12. The van der Waals surface area contributed by atoms with Gasteiger partial charge < -0.3 is 19.7 Å². The van der Waals surface area contributed by atoms with Gasteiger partial charge in [0.2, 0.25) is 0 Å². The number of methoxy groups -OCH3 is 1. The third-order valence-electron chi connectivity index (χ3n) is 4.03. The second kappa shape index (κ2) is 7.63. The van der Waals surface area contributed by atoms with Gasteiger partial charge in [0.1, 0.15) is 6.61 Å². The van der Waals surface area contributed by atoms with Crippen LogP contribution >= 0.6 is 11.3 Å². The van der Waals surface area contributed by atoms with E-state index in [-0.39, 0.29) is 11.9 Å². The molecule has 0 bridgehead atoms. The Kier molecular flexibility index (Phi) is 5.32. The van der Waals surface area contributed by atoms with Gasteiger partial charge in [-0.1, -0.05) is 0 Å². The first-order valence-electron chi connectivity index (χ1n) is 7.88. The lowest BCUT2D eigenvalue weighted by molar-refractivity contribution is 0.0655. The van der Waals surface area contributed by atoms with E-state index in [0.717, 1.165) is 18.8 Å². The second-order valence-corrected chi connectivity index (χ2v) is 6.40. The highest BCUT2D eigenvalue weighted by molar-refractivity contribution is 7.07. The van der Waals surface area contributed by atoms with Crippen LogP contribution < -0.4 is 14.8 Å². The molecule has 1 aromatic carbocycles. The number of hydrogen-bond acceptors (Lipinski definition) is 6. The molecule has 0 aliphatic carbocycles. The van der Waals surface area contributed by atoms with E-state index in [1.807, 2.05) is 17.2 Å². The normalized spacial score (nSPS) is 17.6. The number of piperazine rings is 1. The van der Waals surface area contributed by atoms with Crippen LogP contribution in [0.3, 0.4) is 0 Å². The van der Waals surface area contributed by atoms with Crippen LogP contribution in [-0.2, 0) is 6.61 Å². The van der Waals surface area contributed by atoms with E-state index in [1.165, 1.54) is 11.3 Å². The highest BCUT2D eigenvalue weighted by Gasteiger charge is 2.24. The van der Waals surface area contributed by atoms with Crippen LogP contribution in [-0.4, -0.2) is 48.6 Å². The average Bonchev–Trinajstić information content (AvgIpc) is 3.13. The third-order valence-corrected chi connectivity index (χ3v) is 4.67. The molecule has 1 saturated heterocycles. The van der Waals surface area contributed by atoms with Crippen LogP contribution in [0.25, 0.3) is 0 Å². The van der Waals surface area contributed by atoms with Gasteiger partial charge in [0, 0.05) is 36.6 Å².